The molecule has 0 aliphatic heterocycles. The maximum Gasteiger partial charge on any atom is 0.0951 e. The van der Waals surface area contributed by atoms with E-state index in [4.69, 9.17) is 10.4 Å². The van der Waals surface area contributed by atoms with Crippen LogP contribution in [-0.4, -0.2) is 10.4 Å². The van der Waals surface area contributed by atoms with Crippen LogP contribution in [0.3, 0.4) is 0 Å². The Morgan fingerprint density at radius 2 is 1.92 bits per heavy atom. The number of rotatable bonds is 2. The van der Waals surface area contributed by atoms with Crippen LogP contribution in [-0.2, 0) is 0 Å². The van der Waals surface area contributed by atoms with Gasteiger partial charge in [0.1, 0.15) is 0 Å². The van der Waals surface area contributed by atoms with E-state index in [2.05, 4.69) is 0 Å². The molecule has 0 fully saturated rings. The van der Waals surface area contributed by atoms with Crippen molar-refractivity contribution in [2.24, 2.45) is 0 Å². The lowest BCUT2D eigenvalue weighted by Crippen LogP contribution is -2.11. The summed E-state index contributed by atoms with van der Waals surface area (Å²) in [6, 6.07) is 5.34. The Morgan fingerprint density at radius 1 is 1.23 bits per heavy atom. The Labute approximate surface area is 77.5 Å². The fourth-order valence-corrected chi connectivity index (χ4v) is 1.20. The Kier molecular flexibility index (Phi) is 3.06. The van der Waals surface area contributed by atoms with Crippen molar-refractivity contribution in [2.75, 3.05) is 5.23 Å². The Balaban J connectivity index is 3.11. The van der Waals surface area contributed by atoms with Crippen LogP contribution in [0.15, 0.2) is 24.3 Å². The fraction of sp³-hybridized carbons (Fsp3) is 0.200. The maximum absolute atomic E-state index is 8.81. The van der Waals surface area contributed by atoms with Crippen molar-refractivity contribution in [3.63, 3.8) is 0 Å². The van der Waals surface area contributed by atoms with Gasteiger partial charge in [-0.1, -0.05) is 18.2 Å². The number of benzene rings is 1. The first-order chi connectivity index (χ1) is 6.13. The van der Waals surface area contributed by atoms with Gasteiger partial charge < -0.3 is 0 Å². The number of hydrogen-bond donors (Lipinski definition) is 2. The highest BCUT2D eigenvalue weighted by atomic mass is 16.8. The van der Waals surface area contributed by atoms with Crippen molar-refractivity contribution in [1.29, 1.82) is 0 Å². The monoisotopic (exact) mass is 179 g/mol. The molecule has 2 N–H and O–H groups in total. The molecule has 0 aromatic heterocycles. The van der Waals surface area contributed by atoms with E-state index in [1.54, 1.807) is 12.1 Å². The summed E-state index contributed by atoms with van der Waals surface area (Å²) in [4.78, 5) is 0. The quantitative estimate of drug-likeness (QED) is 0.686. The van der Waals surface area contributed by atoms with Crippen LogP contribution in [0, 0.1) is 6.92 Å². The van der Waals surface area contributed by atoms with Crippen LogP contribution in [0.25, 0.3) is 6.08 Å². The fourth-order valence-electron chi connectivity index (χ4n) is 1.20. The molecule has 0 spiro atoms. The lowest BCUT2D eigenvalue weighted by Gasteiger charge is -2.09. The molecule has 70 valence electrons. The van der Waals surface area contributed by atoms with E-state index >= 15 is 0 Å². The van der Waals surface area contributed by atoms with E-state index in [0.29, 0.717) is 5.69 Å². The highest BCUT2D eigenvalue weighted by Crippen LogP contribution is 2.17. The topological polar surface area (TPSA) is 43.7 Å². The molecule has 0 saturated heterocycles. The minimum Gasteiger partial charge on any atom is -0.264 e. The molecule has 3 nitrogen and oxygen atoms in total. The zero-order valence-corrected chi connectivity index (χ0v) is 7.73. The summed E-state index contributed by atoms with van der Waals surface area (Å²) in [5, 5.41) is 17.7. The second kappa shape index (κ2) is 4.07. The maximum atomic E-state index is 8.81. The van der Waals surface area contributed by atoms with Gasteiger partial charge >= 0.3 is 0 Å². The van der Waals surface area contributed by atoms with Crippen molar-refractivity contribution < 1.29 is 10.4 Å². The molecule has 3 heteroatoms. The predicted octanol–water partition coefficient (Wildman–Crippen LogP) is 2.61. The Bertz CT molecular complexity index is 319. The van der Waals surface area contributed by atoms with Crippen LogP contribution < -0.4 is 5.23 Å². The summed E-state index contributed by atoms with van der Waals surface area (Å²) in [5.74, 6) is 0. The first-order valence-corrected chi connectivity index (χ1v) is 4.06. The van der Waals surface area contributed by atoms with Crippen molar-refractivity contribution in [1.82, 2.24) is 0 Å². The van der Waals surface area contributed by atoms with Crippen LogP contribution >= 0.6 is 0 Å². The number of aryl methyl sites for hydroxylation is 1. The van der Waals surface area contributed by atoms with Crippen LogP contribution in [0.4, 0.5) is 5.69 Å². The standard InChI is InChI=1S/C10H13NO2/c1-3-4-9-5-8(2)6-10(7-9)11(12)13/h3-7,12-13H,1-2H3. The van der Waals surface area contributed by atoms with Gasteiger partial charge in [0.05, 0.1) is 5.69 Å². The van der Waals surface area contributed by atoms with Gasteiger partial charge in [-0.15, -0.1) is 5.23 Å². The van der Waals surface area contributed by atoms with Crippen molar-refractivity contribution in [3.8, 4) is 0 Å². The summed E-state index contributed by atoms with van der Waals surface area (Å²) in [6.45, 7) is 3.82. The van der Waals surface area contributed by atoms with Crippen molar-refractivity contribution in [3.05, 3.63) is 35.4 Å². The lowest BCUT2D eigenvalue weighted by atomic mass is 10.1. The normalized spacial score (nSPS) is 10.8. The van der Waals surface area contributed by atoms with Gasteiger partial charge in [-0.05, 0) is 37.1 Å². The first kappa shape index (κ1) is 9.77. The van der Waals surface area contributed by atoms with Crippen molar-refractivity contribution in [2.45, 2.75) is 13.8 Å². The molecule has 1 aromatic carbocycles. The predicted molar refractivity (Wildman–Crippen MR) is 51.9 cm³/mol. The third kappa shape index (κ3) is 2.57. The van der Waals surface area contributed by atoms with Gasteiger partial charge in [0, 0.05) is 0 Å². The Hall–Kier alpha value is -1.32. The summed E-state index contributed by atoms with van der Waals surface area (Å²) in [7, 11) is 0. The second-order valence-electron chi connectivity index (χ2n) is 2.89. The smallest absolute Gasteiger partial charge is 0.0951 e. The SMILES string of the molecule is CC=Cc1cc(C)cc(N(O)O)c1. The summed E-state index contributed by atoms with van der Waals surface area (Å²) in [5.41, 5.74) is 2.30. The molecule has 1 aromatic rings. The molecule has 0 unspecified atom stereocenters. The van der Waals surface area contributed by atoms with Crippen LogP contribution in [0.2, 0.25) is 0 Å². The minimum atomic E-state index is 0.125. The zero-order chi connectivity index (χ0) is 9.84. The highest BCUT2D eigenvalue weighted by Gasteiger charge is 2.00. The second-order valence-corrected chi connectivity index (χ2v) is 2.89. The summed E-state index contributed by atoms with van der Waals surface area (Å²) in [6.07, 6.45) is 3.80. The van der Waals surface area contributed by atoms with E-state index in [1.807, 2.05) is 32.1 Å². The van der Waals surface area contributed by atoms with E-state index in [9.17, 15) is 0 Å². The average molecular weight is 179 g/mol. The molecule has 1 rings (SSSR count). The molecule has 0 heterocycles. The van der Waals surface area contributed by atoms with E-state index in [0.717, 1.165) is 11.1 Å². The van der Waals surface area contributed by atoms with E-state index in [-0.39, 0.29) is 5.23 Å². The van der Waals surface area contributed by atoms with Gasteiger partial charge in [0.15, 0.2) is 0 Å². The molecule has 13 heavy (non-hydrogen) atoms. The van der Waals surface area contributed by atoms with Crippen molar-refractivity contribution >= 4 is 11.8 Å². The van der Waals surface area contributed by atoms with Gasteiger partial charge in [-0.2, -0.15) is 0 Å². The number of hydrogen-bond acceptors (Lipinski definition) is 3. The third-order valence-electron chi connectivity index (χ3n) is 1.67. The number of anilines is 1. The first-order valence-electron chi connectivity index (χ1n) is 4.06. The van der Waals surface area contributed by atoms with Gasteiger partial charge in [0.2, 0.25) is 0 Å². The molecular formula is C10H13NO2. The third-order valence-corrected chi connectivity index (χ3v) is 1.67. The summed E-state index contributed by atoms with van der Waals surface area (Å²) < 4.78 is 0. The molecule has 0 saturated carbocycles. The molecule has 0 radical (unpaired) electrons. The zero-order valence-electron chi connectivity index (χ0n) is 7.73. The molecule has 0 atom stereocenters. The van der Waals surface area contributed by atoms with Gasteiger partial charge in [0.25, 0.3) is 0 Å². The highest BCUT2D eigenvalue weighted by molar-refractivity contribution is 5.58. The lowest BCUT2D eigenvalue weighted by molar-refractivity contribution is 0.0291. The van der Waals surface area contributed by atoms with Crippen LogP contribution in [0.5, 0.6) is 0 Å². The number of nitrogens with zero attached hydrogens (tertiary/aromatic N) is 1. The summed E-state index contributed by atoms with van der Waals surface area (Å²) >= 11 is 0. The molecule has 0 aliphatic rings. The van der Waals surface area contributed by atoms with Gasteiger partial charge in [-0.3, -0.25) is 10.4 Å². The minimum absolute atomic E-state index is 0.125. The number of allylic oxidation sites excluding steroid dienone is 1. The largest absolute Gasteiger partial charge is 0.264 e. The van der Waals surface area contributed by atoms with E-state index in [1.165, 1.54) is 0 Å². The average Bonchev–Trinajstić information content (AvgIpc) is 2.03. The van der Waals surface area contributed by atoms with Crippen LogP contribution in [0.1, 0.15) is 18.1 Å². The van der Waals surface area contributed by atoms with Gasteiger partial charge in [-0.25, -0.2) is 0 Å². The molecule has 0 bridgehead atoms. The molecule has 0 aliphatic carbocycles. The molecular weight excluding hydrogens is 166 g/mol. The molecule has 0 amide bonds. The van der Waals surface area contributed by atoms with E-state index < -0.39 is 0 Å². The Morgan fingerprint density at radius 3 is 2.46 bits per heavy atom.